The molecule has 0 heterocycles. The molecule has 1 aliphatic rings. The maximum atomic E-state index is 11.9. The van der Waals surface area contributed by atoms with E-state index in [1.54, 1.807) is 0 Å². The Hall–Kier alpha value is -1.71. The van der Waals surface area contributed by atoms with Crippen LogP contribution in [0.5, 0.6) is 5.75 Å². The van der Waals surface area contributed by atoms with Gasteiger partial charge in [0.15, 0.2) is 5.75 Å². The molecule has 0 atom stereocenters. The van der Waals surface area contributed by atoms with Gasteiger partial charge in [-0.05, 0) is 25.0 Å². The molecule has 0 radical (unpaired) electrons. The van der Waals surface area contributed by atoms with E-state index in [2.05, 4.69) is 10.0 Å². The summed E-state index contributed by atoms with van der Waals surface area (Å²) in [6.45, 7) is 0.706. The van der Waals surface area contributed by atoms with Gasteiger partial charge >= 0.3 is 5.69 Å². The van der Waals surface area contributed by atoms with E-state index >= 15 is 0 Å². The van der Waals surface area contributed by atoms with Crippen LogP contribution in [-0.4, -0.2) is 37.6 Å². The van der Waals surface area contributed by atoms with Crippen LogP contribution in [-0.2, 0) is 10.0 Å². The predicted molar refractivity (Wildman–Crippen MR) is 71.0 cm³/mol. The van der Waals surface area contributed by atoms with Crippen LogP contribution in [0.4, 0.5) is 5.69 Å². The van der Waals surface area contributed by atoms with Gasteiger partial charge in [0.05, 0.1) is 9.82 Å². The van der Waals surface area contributed by atoms with Gasteiger partial charge in [-0.25, -0.2) is 13.1 Å². The van der Waals surface area contributed by atoms with Crippen LogP contribution in [0.3, 0.4) is 0 Å². The number of hydrogen-bond donors (Lipinski definition) is 3. The normalized spacial score (nSPS) is 15.2. The summed E-state index contributed by atoms with van der Waals surface area (Å²) in [7, 11) is -3.82. The Kier molecular flexibility index (Phi) is 4.21. The van der Waals surface area contributed by atoms with Crippen molar-refractivity contribution in [2.24, 2.45) is 0 Å². The topological polar surface area (TPSA) is 122 Å². The van der Waals surface area contributed by atoms with E-state index in [1.165, 1.54) is 0 Å². The zero-order valence-electron chi connectivity index (χ0n) is 10.6. The van der Waals surface area contributed by atoms with Crippen LogP contribution in [0.15, 0.2) is 23.1 Å². The van der Waals surface area contributed by atoms with Gasteiger partial charge in [0.25, 0.3) is 0 Å². The number of nitrogens with zero attached hydrogens (tertiary/aromatic N) is 1. The lowest BCUT2D eigenvalue weighted by molar-refractivity contribution is -0.386. The standard InChI is InChI=1S/C11H15N3O5S/c15-11-4-3-9(7-10(11)14(16)17)20(18,19)13-6-5-12-8-1-2-8/h3-4,7-8,12-13,15H,1-2,5-6H2. The molecule has 0 saturated heterocycles. The number of hydrogen-bond acceptors (Lipinski definition) is 6. The third kappa shape index (κ3) is 3.65. The first kappa shape index (κ1) is 14.7. The van der Waals surface area contributed by atoms with Crippen LogP contribution in [0.25, 0.3) is 0 Å². The average molecular weight is 301 g/mol. The van der Waals surface area contributed by atoms with Crippen LogP contribution < -0.4 is 10.0 Å². The summed E-state index contributed by atoms with van der Waals surface area (Å²) in [5.74, 6) is -0.565. The van der Waals surface area contributed by atoms with E-state index < -0.39 is 26.4 Å². The Morgan fingerprint density at radius 3 is 2.65 bits per heavy atom. The highest BCUT2D eigenvalue weighted by molar-refractivity contribution is 7.89. The van der Waals surface area contributed by atoms with Crippen molar-refractivity contribution >= 4 is 15.7 Å². The van der Waals surface area contributed by atoms with E-state index in [0.29, 0.717) is 12.6 Å². The average Bonchev–Trinajstić information content (AvgIpc) is 3.18. The molecule has 0 aromatic heterocycles. The molecule has 8 nitrogen and oxygen atoms in total. The van der Waals surface area contributed by atoms with Crippen molar-refractivity contribution in [2.45, 2.75) is 23.8 Å². The minimum atomic E-state index is -3.82. The fourth-order valence-corrected chi connectivity index (χ4v) is 2.70. The van der Waals surface area contributed by atoms with Crippen molar-refractivity contribution in [3.63, 3.8) is 0 Å². The van der Waals surface area contributed by atoms with Gasteiger partial charge in [-0.3, -0.25) is 10.1 Å². The molecule has 110 valence electrons. The van der Waals surface area contributed by atoms with Gasteiger partial charge in [0.2, 0.25) is 10.0 Å². The summed E-state index contributed by atoms with van der Waals surface area (Å²) in [6.07, 6.45) is 2.22. The highest BCUT2D eigenvalue weighted by Crippen LogP contribution is 2.28. The first-order valence-corrected chi connectivity index (χ1v) is 7.59. The molecule has 0 amide bonds. The first-order chi connectivity index (χ1) is 9.40. The van der Waals surface area contributed by atoms with E-state index in [-0.39, 0.29) is 11.4 Å². The van der Waals surface area contributed by atoms with Crippen molar-refractivity contribution in [2.75, 3.05) is 13.1 Å². The lowest BCUT2D eigenvalue weighted by Crippen LogP contribution is -2.32. The number of benzene rings is 1. The number of rotatable bonds is 7. The van der Waals surface area contributed by atoms with Crippen molar-refractivity contribution in [3.8, 4) is 5.75 Å². The van der Waals surface area contributed by atoms with E-state index in [0.717, 1.165) is 31.0 Å². The van der Waals surface area contributed by atoms with E-state index in [9.17, 15) is 23.6 Å². The van der Waals surface area contributed by atoms with Crippen LogP contribution in [0, 0.1) is 10.1 Å². The zero-order chi connectivity index (χ0) is 14.8. The molecule has 0 unspecified atom stereocenters. The Labute approximate surface area is 116 Å². The van der Waals surface area contributed by atoms with Gasteiger partial charge in [-0.1, -0.05) is 0 Å². The summed E-state index contributed by atoms with van der Waals surface area (Å²) in [6, 6.07) is 3.44. The lowest BCUT2D eigenvalue weighted by atomic mass is 10.3. The summed E-state index contributed by atoms with van der Waals surface area (Å²) < 4.78 is 26.2. The maximum Gasteiger partial charge on any atom is 0.312 e. The molecular weight excluding hydrogens is 286 g/mol. The largest absolute Gasteiger partial charge is 0.502 e. The SMILES string of the molecule is O=[N+]([O-])c1cc(S(=O)(=O)NCCNC2CC2)ccc1O. The Morgan fingerprint density at radius 1 is 1.35 bits per heavy atom. The second-order valence-electron chi connectivity index (χ2n) is 4.53. The number of nitro groups is 1. The van der Waals surface area contributed by atoms with Gasteiger partial charge in [0.1, 0.15) is 0 Å². The first-order valence-electron chi connectivity index (χ1n) is 6.10. The molecule has 1 fully saturated rings. The van der Waals surface area contributed by atoms with Crippen molar-refractivity contribution < 1.29 is 18.4 Å². The molecule has 9 heteroatoms. The third-order valence-corrected chi connectivity index (χ3v) is 4.34. The second-order valence-corrected chi connectivity index (χ2v) is 6.30. The van der Waals surface area contributed by atoms with Crippen LogP contribution >= 0.6 is 0 Å². The molecule has 0 aliphatic heterocycles. The fraction of sp³-hybridized carbons (Fsp3) is 0.455. The number of phenols is 1. The molecule has 20 heavy (non-hydrogen) atoms. The monoisotopic (exact) mass is 301 g/mol. The van der Waals surface area contributed by atoms with Crippen molar-refractivity contribution in [1.82, 2.24) is 10.0 Å². The van der Waals surface area contributed by atoms with Crippen molar-refractivity contribution in [3.05, 3.63) is 28.3 Å². The summed E-state index contributed by atoms with van der Waals surface area (Å²) in [4.78, 5) is 9.59. The molecule has 2 rings (SSSR count). The minimum Gasteiger partial charge on any atom is -0.502 e. The predicted octanol–water partition coefficient (Wildman–Crippen LogP) is 0.331. The molecule has 1 saturated carbocycles. The molecule has 0 spiro atoms. The number of phenolic OH excluding ortho intramolecular Hbond substituents is 1. The van der Waals surface area contributed by atoms with Crippen LogP contribution in [0.2, 0.25) is 0 Å². The quantitative estimate of drug-likeness (QED) is 0.379. The van der Waals surface area contributed by atoms with Gasteiger partial charge in [0, 0.05) is 25.2 Å². The van der Waals surface area contributed by atoms with Gasteiger partial charge in [-0.15, -0.1) is 0 Å². The van der Waals surface area contributed by atoms with Crippen molar-refractivity contribution in [1.29, 1.82) is 0 Å². The summed E-state index contributed by atoms with van der Waals surface area (Å²) in [5.41, 5.74) is -0.635. The Morgan fingerprint density at radius 2 is 2.05 bits per heavy atom. The fourth-order valence-electron chi connectivity index (χ4n) is 1.65. The van der Waals surface area contributed by atoms with Gasteiger partial charge < -0.3 is 10.4 Å². The zero-order valence-corrected chi connectivity index (χ0v) is 11.4. The van der Waals surface area contributed by atoms with Gasteiger partial charge in [-0.2, -0.15) is 0 Å². The molecule has 1 aromatic carbocycles. The van der Waals surface area contributed by atoms with E-state index in [4.69, 9.17) is 0 Å². The number of aromatic hydroxyl groups is 1. The molecule has 1 aliphatic carbocycles. The smallest absolute Gasteiger partial charge is 0.312 e. The Balaban J connectivity index is 2.03. The minimum absolute atomic E-state index is 0.202. The molecule has 0 bridgehead atoms. The second kappa shape index (κ2) is 5.73. The highest BCUT2D eigenvalue weighted by atomic mass is 32.2. The highest BCUT2D eigenvalue weighted by Gasteiger charge is 2.22. The Bertz CT molecular complexity index is 612. The third-order valence-electron chi connectivity index (χ3n) is 2.88. The summed E-state index contributed by atoms with van der Waals surface area (Å²) in [5, 5.41) is 23.1. The number of sulfonamides is 1. The number of nitrogens with one attached hydrogen (secondary N) is 2. The maximum absolute atomic E-state index is 11.9. The molecule has 3 N–H and O–H groups in total. The molecular formula is C11H15N3O5S. The van der Waals surface area contributed by atoms with Crippen LogP contribution in [0.1, 0.15) is 12.8 Å². The lowest BCUT2D eigenvalue weighted by Gasteiger charge is -2.07. The molecule has 1 aromatic rings. The summed E-state index contributed by atoms with van der Waals surface area (Å²) >= 11 is 0. The van der Waals surface area contributed by atoms with E-state index in [1.807, 2.05) is 0 Å². The number of nitro benzene ring substituents is 1.